The lowest BCUT2D eigenvalue weighted by molar-refractivity contribution is 0.0793. The molecule has 0 spiro atoms. The van der Waals surface area contributed by atoms with Crippen LogP contribution in [-0.2, 0) is 0 Å². The van der Waals surface area contributed by atoms with E-state index in [1.807, 2.05) is 12.4 Å². The summed E-state index contributed by atoms with van der Waals surface area (Å²) in [4.78, 5) is 14.5. The van der Waals surface area contributed by atoms with E-state index in [0.717, 1.165) is 12.2 Å². The fourth-order valence-electron chi connectivity index (χ4n) is 1.50. The third-order valence-electron chi connectivity index (χ3n) is 3.02. The minimum atomic E-state index is 0. The Balaban J connectivity index is 0.00000324. The molecule has 1 aromatic rings. The van der Waals surface area contributed by atoms with Gasteiger partial charge in [-0.2, -0.15) is 0 Å². The van der Waals surface area contributed by atoms with Crippen molar-refractivity contribution in [2.75, 3.05) is 20.7 Å². The van der Waals surface area contributed by atoms with Crippen LogP contribution in [0.25, 0.3) is 0 Å². The van der Waals surface area contributed by atoms with Gasteiger partial charge in [-0.1, -0.05) is 13.8 Å². The van der Waals surface area contributed by atoms with Crippen molar-refractivity contribution < 1.29 is 9.53 Å². The summed E-state index contributed by atoms with van der Waals surface area (Å²) in [7, 11) is 3.41. The number of hydrogen-bond donors (Lipinski definition) is 1. The Morgan fingerprint density at radius 1 is 1.53 bits per heavy atom. The van der Waals surface area contributed by atoms with Crippen LogP contribution in [0.1, 0.15) is 29.9 Å². The van der Waals surface area contributed by atoms with E-state index in [4.69, 9.17) is 10.5 Å². The molecular formula is C13H23ClN2O2S. The van der Waals surface area contributed by atoms with Gasteiger partial charge in [0.1, 0.15) is 5.75 Å². The van der Waals surface area contributed by atoms with Gasteiger partial charge in [-0.3, -0.25) is 4.79 Å². The largest absolute Gasteiger partial charge is 0.496 e. The predicted octanol–water partition coefficient (Wildman–Crippen LogP) is 2.62. The third kappa shape index (κ3) is 5.38. The number of nitrogens with zero attached hydrogens (tertiary/aromatic N) is 1. The molecule has 2 N–H and O–H groups in total. The standard InChI is InChI=1S/C13H22N2O2S.ClH/c1-9(2)11(14)5-6-15(3)13(16)12-7-10(17-4)8-18-12;/h7-9,11H,5-6,14H2,1-4H3;1H. The lowest BCUT2D eigenvalue weighted by Crippen LogP contribution is -2.34. The molecule has 1 heterocycles. The zero-order valence-corrected chi connectivity index (χ0v) is 13.5. The Bertz CT molecular complexity index is 396. The molecule has 19 heavy (non-hydrogen) atoms. The highest BCUT2D eigenvalue weighted by Gasteiger charge is 2.16. The normalized spacial score (nSPS) is 11.9. The van der Waals surface area contributed by atoms with Crippen LogP contribution in [0.15, 0.2) is 11.4 Å². The second kappa shape index (κ2) is 8.40. The molecule has 4 nitrogen and oxygen atoms in total. The summed E-state index contributed by atoms with van der Waals surface area (Å²) < 4.78 is 5.07. The maximum atomic E-state index is 12.1. The summed E-state index contributed by atoms with van der Waals surface area (Å²) in [6, 6.07) is 1.91. The van der Waals surface area contributed by atoms with E-state index in [1.165, 1.54) is 11.3 Å². The number of halogens is 1. The number of hydrogen-bond acceptors (Lipinski definition) is 4. The summed E-state index contributed by atoms with van der Waals surface area (Å²) in [6.07, 6.45) is 0.822. The van der Waals surface area contributed by atoms with E-state index < -0.39 is 0 Å². The van der Waals surface area contributed by atoms with Crippen LogP contribution < -0.4 is 10.5 Å². The van der Waals surface area contributed by atoms with Gasteiger partial charge < -0.3 is 15.4 Å². The first-order valence-corrected chi connectivity index (χ1v) is 6.97. The fourth-order valence-corrected chi connectivity index (χ4v) is 2.35. The Morgan fingerprint density at radius 2 is 2.16 bits per heavy atom. The van der Waals surface area contributed by atoms with Gasteiger partial charge in [0.2, 0.25) is 0 Å². The minimum absolute atomic E-state index is 0. The first-order valence-electron chi connectivity index (χ1n) is 6.09. The second-order valence-corrected chi connectivity index (χ2v) is 5.69. The molecule has 1 atom stereocenters. The van der Waals surface area contributed by atoms with Crippen molar-refractivity contribution in [1.82, 2.24) is 4.90 Å². The molecule has 0 bridgehead atoms. The van der Waals surface area contributed by atoms with Crippen molar-refractivity contribution in [2.24, 2.45) is 11.7 Å². The molecule has 110 valence electrons. The topological polar surface area (TPSA) is 55.6 Å². The van der Waals surface area contributed by atoms with Crippen molar-refractivity contribution in [3.05, 3.63) is 16.3 Å². The summed E-state index contributed by atoms with van der Waals surface area (Å²) in [5.74, 6) is 1.20. The molecule has 0 aliphatic heterocycles. The van der Waals surface area contributed by atoms with E-state index in [0.29, 0.717) is 17.3 Å². The van der Waals surface area contributed by atoms with Crippen LogP contribution in [0.5, 0.6) is 5.75 Å². The second-order valence-electron chi connectivity index (χ2n) is 4.77. The van der Waals surface area contributed by atoms with E-state index >= 15 is 0 Å². The average Bonchev–Trinajstić information content (AvgIpc) is 2.82. The van der Waals surface area contributed by atoms with E-state index in [2.05, 4.69) is 13.8 Å². The number of nitrogens with two attached hydrogens (primary N) is 1. The molecule has 1 amide bonds. The van der Waals surface area contributed by atoms with Crippen molar-refractivity contribution in [3.63, 3.8) is 0 Å². The van der Waals surface area contributed by atoms with Gasteiger partial charge in [0, 0.05) is 31.1 Å². The average molecular weight is 307 g/mol. The number of carbonyl (C=O) groups is 1. The molecule has 0 saturated heterocycles. The van der Waals surface area contributed by atoms with E-state index in [1.54, 1.807) is 18.1 Å². The summed E-state index contributed by atoms with van der Waals surface area (Å²) in [6.45, 7) is 4.87. The van der Waals surface area contributed by atoms with Crippen molar-refractivity contribution in [2.45, 2.75) is 26.3 Å². The minimum Gasteiger partial charge on any atom is -0.496 e. The molecule has 1 aromatic heterocycles. The molecule has 0 radical (unpaired) electrons. The Labute approximate surface area is 125 Å². The maximum absolute atomic E-state index is 12.1. The predicted molar refractivity (Wildman–Crippen MR) is 82.5 cm³/mol. The molecule has 1 unspecified atom stereocenters. The molecule has 1 rings (SSSR count). The van der Waals surface area contributed by atoms with Crippen molar-refractivity contribution in [1.29, 1.82) is 0 Å². The van der Waals surface area contributed by atoms with E-state index in [-0.39, 0.29) is 24.4 Å². The van der Waals surface area contributed by atoms with Crippen LogP contribution in [0.2, 0.25) is 0 Å². The van der Waals surface area contributed by atoms with Crippen LogP contribution in [0, 0.1) is 5.92 Å². The van der Waals surface area contributed by atoms with Gasteiger partial charge in [0.15, 0.2) is 0 Å². The number of carbonyl (C=O) groups excluding carboxylic acids is 1. The first kappa shape index (κ1) is 18.2. The Hall–Kier alpha value is -0.780. The summed E-state index contributed by atoms with van der Waals surface area (Å²) in [5, 5.41) is 1.83. The van der Waals surface area contributed by atoms with Crippen LogP contribution in [0.4, 0.5) is 0 Å². The molecule has 0 saturated carbocycles. The first-order chi connectivity index (χ1) is 8.45. The molecule has 0 aliphatic rings. The van der Waals surface area contributed by atoms with Crippen molar-refractivity contribution in [3.8, 4) is 5.75 Å². The molecular weight excluding hydrogens is 284 g/mol. The Morgan fingerprint density at radius 3 is 2.63 bits per heavy atom. The SMILES string of the molecule is COc1csc(C(=O)N(C)CCC(N)C(C)C)c1.Cl. The maximum Gasteiger partial charge on any atom is 0.263 e. The van der Waals surface area contributed by atoms with Gasteiger partial charge in [0.25, 0.3) is 5.91 Å². The highest BCUT2D eigenvalue weighted by atomic mass is 35.5. The number of methoxy groups -OCH3 is 1. The highest BCUT2D eigenvalue weighted by molar-refractivity contribution is 7.12. The van der Waals surface area contributed by atoms with Crippen LogP contribution >= 0.6 is 23.7 Å². The number of ether oxygens (including phenoxy) is 1. The van der Waals surface area contributed by atoms with Crippen LogP contribution in [0.3, 0.4) is 0 Å². The van der Waals surface area contributed by atoms with Crippen LogP contribution in [-0.4, -0.2) is 37.6 Å². The van der Waals surface area contributed by atoms with E-state index in [9.17, 15) is 4.79 Å². The third-order valence-corrected chi connectivity index (χ3v) is 3.92. The monoisotopic (exact) mass is 306 g/mol. The fraction of sp³-hybridized carbons (Fsp3) is 0.615. The number of thiophene rings is 1. The zero-order chi connectivity index (χ0) is 13.7. The molecule has 0 aromatic carbocycles. The van der Waals surface area contributed by atoms with Gasteiger partial charge in [-0.25, -0.2) is 0 Å². The summed E-state index contributed by atoms with van der Waals surface area (Å²) in [5.41, 5.74) is 5.97. The number of rotatable bonds is 6. The smallest absolute Gasteiger partial charge is 0.263 e. The number of amides is 1. The lowest BCUT2D eigenvalue weighted by Gasteiger charge is -2.21. The van der Waals surface area contributed by atoms with Gasteiger partial charge in [-0.15, -0.1) is 23.7 Å². The summed E-state index contributed by atoms with van der Waals surface area (Å²) >= 11 is 1.40. The zero-order valence-electron chi connectivity index (χ0n) is 11.9. The quantitative estimate of drug-likeness (QED) is 0.879. The molecule has 0 aliphatic carbocycles. The molecule has 6 heteroatoms. The van der Waals surface area contributed by atoms with Gasteiger partial charge in [0.05, 0.1) is 12.0 Å². The van der Waals surface area contributed by atoms with Crippen molar-refractivity contribution >= 4 is 29.7 Å². The molecule has 0 fully saturated rings. The van der Waals surface area contributed by atoms with Gasteiger partial charge in [-0.05, 0) is 12.3 Å². The highest BCUT2D eigenvalue weighted by Crippen LogP contribution is 2.22. The van der Waals surface area contributed by atoms with Gasteiger partial charge >= 0.3 is 0 Å². The lowest BCUT2D eigenvalue weighted by atomic mass is 10.0. The Kier molecular flexibility index (Phi) is 8.06.